The first-order valence-electron chi connectivity index (χ1n) is 4.98. The van der Waals surface area contributed by atoms with Gasteiger partial charge < -0.3 is 9.47 Å². The third kappa shape index (κ3) is 8.64. The predicted octanol–water partition coefficient (Wildman–Crippen LogP) is 1.10. The molecular formula is C10H19ClN2O2. The number of hydrogen-bond donors (Lipinski definition) is 0. The number of nitrogens with zero attached hydrogens (tertiary/aromatic N) is 2. The average Bonchev–Trinajstić information content (AvgIpc) is 2.25. The Hall–Kier alpha value is -0.340. The number of alkyl halides is 1. The van der Waals surface area contributed by atoms with Crippen molar-refractivity contribution in [2.45, 2.75) is 11.8 Å². The second-order valence-electron chi connectivity index (χ2n) is 3.24. The molecule has 88 valence electrons. The van der Waals surface area contributed by atoms with Gasteiger partial charge in [0, 0.05) is 40.5 Å². The van der Waals surface area contributed by atoms with Crippen molar-refractivity contribution >= 4 is 11.6 Å². The molecule has 0 aromatic rings. The zero-order valence-corrected chi connectivity index (χ0v) is 10.2. The van der Waals surface area contributed by atoms with Crippen molar-refractivity contribution in [1.29, 1.82) is 5.26 Å². The van der Waals surface area contributed by atoms with E-state index in [1.807, 2.05) is 6.07 Å². The van der Waals surface area contributed by atoms with Crippen LogP contribution in [0.3, 0.4) is 0 Å². The van der Waals surface area contributed by atoms with Crippen molar-refractivity contribution in [3.05, 3.63) is 0 Å². The number of methoxy groups -OCH3 is 2. The SMILES string of the molecule is COCCCN(CCOC)CC(Cl)C#N. The lowest BCUT2D eigenvalue weighted by molar-refractivity contribution is 0.134. The van der Waals surface area contributed by atoms with E-state index >= 15 is 0 Å². The van der Waals surface area contributed by atoms with Crippen molar-refractivity contribution in [2.24, 2.45) is 0 Å². The molecular weight excluding hydrogens is 216 g/mol. The Morgan fingerprint density at radius 3 is 2.47 bits per heavy atom. The Morgan fingerprint density at radius 2 is 1.93 bits per heavy atom. The molecule has 0 heterocycles. The van der Waals surface area contributed by atoms with Crippen molar-refractivity contribution in [3.63, 3.8) is 0 Å². The molecule has 0 aliphatic rings. The molecule has 0 aromatic heterocycles. The van der Waals surface area contributed by atoms with Crippen LogP contribution in [0.25, 0.3) is 0 Å². The van der Waals surface area contributed by atoms with Gasteiger partial charge in [0.1, 0.15) is 5.38 Å². The summed E-state index contributed by atoms with van der Waals surface area (Å²) in [4.78, 5) is 2.11. The Balaban J connectivity index is 3.79. The number of ether oxygens (including phenoxy) is 2. The minimum atomic E-state index is -0.454. The number of rotatable bonds is 9. The second-order valence-corrected chi connectivity index (χ2v) is 3.76. The van der Waals surface area contributed by atoms with Gasteiger partial charge in [-0.15, -0.1) is 11.6 Å². The number of nitriles is 1. The summed E-state index contributed by atoms with van der Waals surface area (Å²) in [6, 6.07) is 2.01. The predicted molar refractivity (Wildman–Crippen MR) is 60.1 cm³/mol. The van der Waals surface area contributed by atoms with Crippen LogP contribution in [0.15, 0.2) is 0 Å². The maximum atomic E-state index is 8.62. The van der Waals surface area contributed by atoms with Gasteiger partial charge in [0.15, 0.2) is 0 Å². The summed E-state index contributed by atoms with van der Waals surface area (Å²) < 4.78 is 9.97. The molecule has 1 atom stereocenters. The first kappa shape index (κ1) is 14.7. The van der Waals surface area contributed by atoms with E-state index in [0.29, 0.717) is 13.2 Å². The van der Waals surface area contributed by atoms with Gasteiger partial charge in [-0.1, -0.05) is 0 Å². The van der Waals surface area contributed by atoms with Gasteiger partial charge in [-0.25, -0.2) is 0 Å². The van der Waals surface area contributed by atoms with Crippen LogP contribution in [-0.4, -0.2) is 57.3 Å². The topological polar surface area (TPSA) is 45.5 Å². The summed E-state index contributed by atoms with van der Waals surface area (Å²) in [7, 11) is 3.34. The zero-order valence-electron chi connectivity index (χ0n) is 9.41. The van der Waals surface area contributed by atoms with Gasteiger partial charge >= 0.3 is 0 Å². The van der Waals surface area contributed by atoms with Gasteiger partial charge in [0.05, 0.1) is 12.7 Å². The lowest BCUT2D eigenvalue weighted by Gasteiger charge is -2.21. The van der Waals surface area contributed by atoms with E-state index in [1.54, 1.807) is 14.2 Å². The monoisotopic (exact) mass is 234 g/mol. The molecule has 0 aliphatic carbocycles. The zero-order chi connectivity index (χ0) is 11.5. The number of halogens is 1. The quantitative estimate of drug-likeness (QED) is 0.443. The highest BCUT2D eigenvalue weighted by atomic mass is 35.5. The van der Waals surface area contributed by atoms with Crippen LogP contribution in [-0.2, 0) is 9.47 Å². The van der Waals surface area contributed by atoms with Gasteiger partial charge in [-0.2, -0.15) is 5.26 Å². The lowest BCUT2D eigenvalue weighted by Crippen LogP contribution is -2.33. The molecule has 0 spiro atoms. The van der Waals surface area contributed by atoms with Crippen LogP contribution in [0, 0.1) is 11.3 Å². The summed E-state index contributed by atoms with van der Waals surface area (Å²) in [6.45, 7) is 3.63. The van der Waals surface area contributed by atoms with Crippen LogP contribution in [0.2, 0.25) is 0 Å². The van der Waals surface area contributed by atoms with Crippen LogP contribution < -0.4 is 0 Å². The van der Waals surface area contributed by atoms with Gasteiger partial charge in [0.25, 0.3) is 0 Å². The van der Waals surface area contributed by atoms with Crippen LogP contribution in [0.1, 0.15) is 6.42 Å². The van der Waals surface area contributed by atoms with E-state index in [9.17, 15) is 0 Å². The molecule has 0 N–H and O–H groups in total. The van der Waals surface area contributed by atoms with Crippen LogP contribution >= 0.6 is 11.6 Å². The fraction of sp³-hybridized carbons (Fsp3) is 0.900. The Labute approximate surface area is 96.7 Å². The molecule has 0 radical (unpaired) electrons. The van der Waals surface area contributed by atoms with Gasteiger partial charge in [-0.3, -0.25) is 4.90 Å². The van der Waals surface area contributed by atoms with Gasteiger partial charge in [-0.05, 0) is 6.42 Å². The third-order valence-corrected chi connectivity index (χ3v) is 2.23. The van der Waals surface area contributed by atoms with Crippen molar-refractivity contribution in [2.75, 3.05) is 47.1 Å². The lowest BCUT2D eigenvalue weighted by atomic mass is 10.3. The highest BCUT2D eigenvalue weighted by molar-refractivity contribution is 6.22. The summed E-state index contributed by atoms with van der Waals surface area (Å²) in [5.41, 5.74) is 0. The number of hydrogen-bond acceptors (Lipinski definition) is 4. The fourth-order valence-electron chi connectivity index (χ4n) is 1.21. The van der Waals surface area contributed by atoms with E-state index in [4.69, 9.17) is 26.3 Å². The molecule has 0 rings (SSSR count). The molecule has 0 amide bonds. The molecule has 0 saturated carbocycles. The standard InChI is InChI=1S/C10H19ClN2O2/c1-14-6-3-4-13(5-7-15-2)9-10(11)8-12/h10H,3-7,9H2,1-2H3. The summed E-state index contributed by atoms with van der Waals surface area (Å²) in [6.07, 6.45) is 0.940. The third-order valence-electron chi connectivity index (χ3n) is 1.99. The van der Waals surface area contributed by atoms with Crippen molar-refractivity contribution in [3.8, 4) is 6.07 Å². The molecule has 0 aliphatic heterocycles. The summed E-state index contributed by atoms with van der Waals surface area (Å²) >= 11 is 5.78. The fourth-order valence-corrected chi connectivity index (χ4v) is 1.41. The first-order chi connectivity index (χ1) is 7.24. The average molecular weight is 235 g/mol. The van der Waals surface area contributed by atoms with Crippen molar-refractivity contribution < 1.29 is 9.47 Å². The Bertz CT molecular complexity index is 185. The highest BCUT2D eigenvalue weighted by Gasteiger charge is 2.10. The normalized spacial score (nSPS) is 12.7. The van der Waals surface area contributed by atoms with E-state index in [0.717, 1.165) is 26.1 Å². The Kier molecular flexibility index (Phi) is 9.96. The van der Waals surface area contributed by atoms with E-state index < -0.39 is 5.38 Å². The largest absolute Gasteiger partial charge is 0.385 e. The maximum Gasteiger partial charge on any atom is 0.133 e. The van der Waals surface area contributed by atoms with E-state index in [-0.39, 0.29) is 0 Å². The molecule has 0 aromatic carbocycles. The summed E-state index contributed by atoms with van der Waals surface area (Å²) in [5.74, 6) is 0. The van der Waals surface area contributed by atoms with Crippen molar-refractivity contribution in [1.82, 2.24) is 4.90 Å². The van der Waals surface area contributed by atoms with Gasteiger partial charge in [0.2, 0.25) is 0 Å². The molecule has 0 saturated heterocycles. The minimum Gasteiger partial charge on any atom is -0.385 e. The minimum absolute atomic E-state index is 0.454. The highest BCUT2D eigenvalue weighted by Crippen LogP contribution is 2.00. The molecule has 0 bridgehead atoms. The van der Waals surface area contributed by atoms with Crippen LogP contribution in [0.5, 0.6) is 0 Å². The Morgan fingerprint density at radius 1 is 1.27 bits per heavy atom. The molecule has 1 unspecified atom stereocenters. The smallest absolute Gasteiger partial charge is 0.133 e. The first-order valence-corrected chi connectivity index (χ1v) is 5.42. The van der Waals surface area contributed by atoms with Crippen LogP contribution in [0.4, 0.5) is 0 Å². The van der Waals surface area contributed by atoms with E-state index in [2.05, 4.69) is 4.90 Å². The van der Waals surface area contributed by atoms with E-state index in [1.165, 1.54) is 0 Å². The molecule has 15 heavy (non-hydrogen) atoms. The second kappa shape index (κ2) is 10.2. The molecule has 5 heteroatoms. The molecule has 0 fully saturated rings. The summed E-state index contributed by atoms with van der Waals surface area (Å²) in [5, 5.41) is 8.16. The maximum absolute atomic E-state index is 8.62. The molecule has 4 nitrogen and oxygen atoms in total.